The number of aliphatic imine (C=N–C) groups is 1. The van der Waals surface area contributed by atoms with Gasteiger partial charge in [0.1, 0.15) is 24.5 Å². The van der Waals surface area contributed by atoms with Gasteiger partial charge in [-0.15, -0.1) is 0 Å². The maximum absolute atomic E-state index is 13.6. The highest BCUT2D eigenvalue weighted by Gasteiger charge is 2.37. The molecule has 0 spiro atoms. The molecule has 1 aliphatic heterocycles. The summed E-state index contributed by atoms with van der Waals surface area (Å²) in [6.45, 7) is 11.5. The summed E-state index contributed by atoms with van der Waals surface area (Å²) in [6, 6.07) is 14.9. The zero-order valence-corrected chi connectivity index (χ0v) is 34.6. The first kappa shape index (κ1) is 42.5. The van der Waals surface area contributed by atoms with Crippen LogP contribution in [0.1, 0.15) is 79.8 Å². The second-order valence-corrected chi connectivity index (χ2v) is 19.2. The number of aliphatic carboxylic acids is 1. The van der Waals surface area contributed by atoms with Gasteiger partial charge in [0.05, 0.1) is 10.6 Å². The molecule has 3 aromatic rings. The van der Waals surface area contributed by atoms with Crippen molar-refractivity contribution in [3.63, 3.8) is 0 Å². The third kappa shape index (κ3) is 9.64. The van der Waals surface area contributed by atoms with Crippen LogP contribution in [0.2, 0.25) is 0 Å². The molecule has 56 heavy (non-hydrogen) atoms. The van der Waals surface area contributed by atoms with Crippen LogP contribution in [0.3, 0.4) is 0 Å². The Bertz CT molecular complexity index is 2190. The number of carboxylic acid groups (broad SMARTS) is 1. The Hall–Kier alpha value is -4.67. The molecule has 1 unspecified atom stereocenters. The highest BCUT2D eigenvalue weighted by Crippen LogP contribution is 2.45. The van der Waals surface area contributed by atoms with Crippen molar-refractivity contribution in [2.75, 3.05) is 32.0 Å². The molecule has 0 fully saturated rings. The molecular formula is C40H53N5O9S2. The van der Waals surface area contributed by atoms with E-state index in [-0.39, 0.29) is 61.0 Å². The lowest BCUT2D eigenvalue weighted by Crippen LogP contribution is -2.48. The minimum absolute atomic E-state index is 0.0120. The molecule has 1 heterocycles. The second kappa shape index (κ2) is 16.8. The van der Waals surface area contributed by atoms with Crippen LogP contribution in [0.5, 0.6) is 5.75 Å². The predicted octanol–water partition coefficient (Wildman–Crippen LogP) is 4.98. The Morgan fingerprint density at radius 1 is 1.00 bits per heavy atom. The third-order valence-corrected chi connectivity index (χ3v) is 13.9. The third-order valence-electron chi connectivity index (χ3n) is 10.1. The number of fused-ring (bicyclic) bond motifs is 4. The first-order valence-electron chi connectivity index (χ1n) is 18.7. The first-order valence-corrected chi connectivity index (χ1v) is 21.8. The number of carbonyl (C=O) groups is 2. The van der Waals surface area contributed by atoms with Gasteiger partial charge >= 0.3 is 12.1 Å². The van der Waals surface area contributed by atoms with Gasteiger partial charge in [-0.1, -0.05) is 62.4 Å². The van der Waals surface area contributed by atoms with Crippen molar-refractivity contribution in [2.24, 2.45) is 16.6 Å². The fourth-order valence-electron chi connectivity index (χ4n) is 7.62. The maximum atomic E-state index is 13.6. The largest absolute Gasteiger partial charge is 0.487 e. The number of guanidine groups is 1. The van der Waals surface area contributed by atoms with Gasteiger partial charge in [-0.3, -0.25) is 9.79 Å². The standard InChI is InChI=1S/C40H53N5O9S2/c1-24(2)23-55(49,50)45(21-35(46)47)20-28(43-39(48)53-22-34-31-16-10-8-14-29(31)30-15-9-11-17-32(30)34)13-12-18-42-38(41)44-56(51,52)37-26(4)25(3)36-33(27(37)5)19-40(6,7)54-36/h8-11,14-17,24,28,34H,12-13,18-23H2,1-7H3,(H,43,48)(H,46,47)(H3,41,42,44). The summed E-state index contributed by atoms with van der Waals surface area (Å²) < 4.78 is 68.9. The minimum Gasteiger partial charge on any atom is -0.487 e. The summed E-state index contributed by atoms with van der Waals surface area (Å²) in [7, 11) is -8.16. The van der Waals surface area contributed by atoms with Crippen molar-refractivity contribution in [2.45, 2.75) is 90.2 Å². The van der Waals surface area contributed by atoms with Crippen LogP contribution in [-0.4, -0.2) is 87.9 Å². The van der Waals surface area contributed by atoms with Crippen molar-refractivity contribution in [3.05, 3.63) is 81.9 Å². The Balaban J connectivity index is 1.29. The van der Waals surface area contributed by atoms with E-state index in [2.05, 4.69) is 15.0 Å². The number of carboxylic acids is 1. The molecule has 16 heteroatoms. The molecule has 0 saturated heterocycles. The van der Waals surface area contributed by atoms with E-state index in [1.165, 1.54) is 0 Å². The van der Waals surface area contributed by atoms with Crippen molar-refractivity contribution in [3.8, 4) is 16.9 Å². The highest BCUT2D eigenvalue weighted by atomic mass is 32.2. The lowest BCUT2D eigenvalue weighted by atomic mass is 9.94. The molecule has 5 rings (SSSR count). The monoisotopic (exact) mass is 811 g/mol. The Morgan fingerprint density at radius 3 is 2.20 bits per heavy atom. The summed E-state index contributed by atoms with van der Waals surface area (Å²) in [4.78, 5) is 29.4. The Morgan fingerprint density at radius 2 is 1.61 bits per heavy atom. The van der Waals surface area contributed by atoms with Crippen LogP contribution in [0.15, 0.2) is 58.4 Å². The molecular weight excluding hydrogens is 759 g/mol. The molecule has 0 aromatic heterocycles. The number of rotatable bonds is 16. The predicted molar refractivity (Wildman–Crippen MR) is 215 cm³/mol. The van der Waals surface area contributed by atoms with E-state index in [1.807, 2.05) is 69.3 Å². The number of carbonyl (C=O) groups excluding carboxylic acids is 1. The van der Waals surface area contributed by atoms with E-state index in [4.69, 9.17) is 15.2 Å². The molecule has 0 saturated carbocycles. The molecule has 5 N–H and O–H groups in total. The average molecular weight is 812 g/mol. The molecule has 14 nitrogen and oxygen atoms in total. The van der Waals surface area contributed by atoms with Gasteiger partial charge in [0.2, 0.25) is 16.0 Å². The average Bonchev–Trinajstić information content (AvgIpc) is 3.60. The molecule has 3 aromatic carbocycles. The van der Waals surface area contributed by atoms with Crippen LogP contribution in [-0.2, 0) is 36.0 Å². The number of hydrogen-bond donors (Lipinski definition) is 4. The zero-order valence-electron chi connectivity index (χ0n) is 33.0. The van der Waals surface area contributed by atoms with Gasteiger partial charge in [-0.05, 0) is 92.3 Å². The van der Waals surface area contributed by atoms with Crippen molar-refractivity contribution < 1.29 is 41.0 Å². The molecule has 1 atom stereocenters. The van der Waals surface area contributed by atoms with Crippen LogP contribution in [0.4, 0.5) is 4.79 Å². The topological polar surface area (TPSA) is 207 Å². The number of nitrogens with two attached hydrogens (primary N) is 1. The lowest BCUT2D eigenvalue weighted by Gasteiger charge is -2.27. The number of amides is 1. The number of hydrogen-bond acceptors (Lipinski definition) is 9. The number of ether oxygens (including phenoxy) is 2. The molecule has 304 valence electrons. The van der Waals surface area contributed by atoms with Gasteiger partial charge in [-0.25, -0.2) is 26.4 Å². The zero-order chi connectivity index (χ0) is 41.2. The van der Waals surface area contributed by atoms with E-state index in [0.717, 1.165) is 37.7 Å². The number of alkyl carbamates (subject to hydrolysis) is 1. The summed E-state index contributed by atoms with van der Waals surface area (Å²) >= 11 is 0. The SMILES string of the molecule is Cc1c(C)c(S(=O)(=O)NC(N)=NCCCC(CN(CC(=O)O)S(=O)(=O)CC(C)C)NC(=O)OCC2c3ccccc3-c3ccccc32)c(C)c2c1OC(C)(C)C2. The van der Waals surface area contributed by atoms with Crippen LogP contribution >= 0.6 is 0 Å². The summed E-state index contributed by atoms with van der Waals surface area (Å²) in [5.74, 6) is -1.76. The van der Waals surface area contributed by atoms with E-state index in [0.29, 0.717) is 23.3 Å². The van der Waals surface area contributed by atoms with Crippen LogP contribution < -0.4 is 20.5 Å². The van der Waals surface area contributed by atoms with E-state index < -0.39 is 50.3 Å². The summed E-state index contributed by atoms with van der Waals surface area (Å²) in [6.07, 6.45) is 0.118. The Labute approximate surface area is 330 Å². The maximum Gasteiger partial charge on any atom is 0.407 e. The van der Waals surface area contributed by atoms with Crippen molar-refractivity contribution in [1.29, 1.82) is 0 Å². The minimum atomic E-state index is -4.14. The van der Waals surface area contributed by atoms with Crippen LogP contribution in [0, 0.1) is 26.7 Å². The first-order chi connectivity index (χ1) is 26.2. The van der Waals surface area contributed by atoms with Gasteiger partial charge < -0.3 is 25.6 Å². The number of nitrogens with zero attached hydrogens (tertiary/aromatic N) is 2. The highest BCUT2D eigenvalue weighted by molar-refractivity contribution is 7.90. The normalized spacial score (nSPS) is 15.6. The summed E-state index contributed by atoms with van der Waals surface area (Å²) in [5, 5.41) is 12.3. The smallest absolute Gasteiger partial charge is 0.407 e. The second-order valence-electron chi connectivity index (χ2n) is 15.6. The molecule has 0 bridgehead atoms. The summed E-state index contributed by atoms with van der Waals surface area (Å²) in [5.41, 5.74) is 12.5. The fourth-order valence-corrected chi connectivity index (χ4v) is 10.9. The van der Waals surface area contributed by atoms with Gasteiger partial charge in [0.25, 0.3) is 10.0 Å². The number of sulfonamides is 2. The number of nitrogens with one attached hydrogen (secondary N) is 2. The van der Waals surface area contributed by atoms with Crippen molar-refractivity contribution >= 4 is 38.1 Å². The van der Waals surface area contributed by atoms with E-state index >= 15 is 0 Å². The quantitative estimate of drug-likeness (QED) is 0.0867. The molecule has 0 radical (unpaired) electrons. The Kier molecular flexibility index (Phi) is 12.8. The van der Waals surface area contributed by atoms with Gasteiger partial charge in [-0.2, -0.15) is 4.31 Å². The van der Waals surface area contributed by atoms with Crippen molar-refractivity contribution in [1.82, 2.24) is 14.3 Å². The molecule has 1 aliphatic carbocycles. The number of benzene rings is 3. The molecule has 1 amide bonds. The van der Waals surface area contributed by atoms with Gasteiger partial charge in [0, 0.05) is 37.0 Å². The lowest BCUT2D eigenvalue weighted by molar-refractivity contribution is -0.137. The van der Waals surface area contributed by atoms with Gasteiger partial charge in [0.15, 0.2) is 0 Å². The van der Waals surface area contributed by atoms with E-state index in [9.17, 15) is 31.5 Å². The fraction of sp³-hybridized carbons (Fsp3) is 0.475. The van der Waals surface area contributed by atoms with Crippen LogP contribution in [0.25, 0.3) is 11.1 Å². The van der Waals surface area contributed by atoms with E-state index in [1.54, 1.807) is 27.7 Å². The molecule has 2 aliphatic rings.